The van der Waals surface area contributed by atoms with Gasteiger partial charge in [0.05, 0.1) is 0 Å². The summed E-state index contributed by atoms with van der Waals surface area (Å²) < 4.78 is 0. The predicted octanol–water partition coefficient (Wildman–Crippen LogP) is 0.653. The number of nitrogens with two attached hydrogens (primary N) is 1. The Labute approximate surface area is 111 Å². The number of aromatic nitrogens is 5. The van der Waals surface area contributed by atoms with Crippen molar-refractivity contribution in [2.75, 3.05) is 25.9 Å². The number of H-pyrrole nitrogens is 1. The van der Waals surface area contributed by atoms with Gasteiger partial charge in [-0.15, -0.1) is 0 Å². The molecule has 0 aromatic carbocycles. The van der Waals surface area contributed by atoms with Gasteiger partial charge in [-0.25, -0.2) is 15.0 Å². The van der Waals surface area contributed by atoms with E-state index in [-0.39, 0.29) is 0 Å². The van der Waals surface area contributed by atoms with Crippen LogP contribution in [0.3, 0.4) is 0 Å². The lowest BCUT2D eigenvalue weighted by Gasteiger charge is -2.27. The molecule has 1 atom stereocenters. The molecule has 0 saturated carbocycles. The summed E-state index contributed by atoms with van der Waals surface area (Å²) >= 11 is 0. The van der Waals surface area contributed by atoms with E-state index in [1.54, 1.807) is 12.4 Å². The van der Waals surface area contributed by atoms with Crippen molar-refractivity contribution in [2.24, 2.45) is 0 Å². The van der Waals surface area contributed by atoms with E-state index in [2.05, 4.69) is 37.1 Å². The average Bonchev–Trinajstić information content (AvgIpc) is 2.89. The number of nitrogens with one attached hydrogen (secondary N) is 1. The van der Waals surface area contributed by atoms with E-state index in [4.69, 9.17) is 5.73 Å². The van der Waals surface area contributed by atoms with Gasteiger partial charge in [0.1, 0.15) is 5.82 Å². The summed E-state index contributed by atoms with van der Waals surface area (Å²) in [6.07, 6.45) is 5.47. The van der Waals surface area contributed by atoms with Gasteiger partial charge in [0, 0.05) is 24.9 Å². The van der Waals surface area contributed by atoms with E-state index in [9.17, 15) is 0 Å². The van der Waals surface area contributed by atoms with Crippen molar-refractivity contribution in [3.8, 4) is 11.5 Å². The fourth-order valence-corrected chi connectivity index (χ4v) is 2.47. The molecule has 2 aromatic rings. The maximum Gasteiger partial charge on any atom is 0.203 e. The highest BCUT2D eigenvalue weighted by Gasteiger charge is 2.23. The highest BCUT2D eigenvalue weighted by atomic mass is 15.2. The Kier molecular flexibility index (Phi) is 3.12. The molecule has 3 rings (SSSR count). The molecule has 1 saturated heterocycles. The number of rotatable bonds is 2. The molecule has 0 amide bonds. The van der Waals surface area contributed by atoms with Crippen LogP contribution in [-0.4, -0.2) is 50.2 Å². The first kappa shape index (κ1) is 12.0. The van der Waals surface area contributed by atoms with Gasteiger partial charge < -0.3 is 10.6 Å². The van der Waals surface area contributed by atoms with Crippen LogP contribution in [0.25, 0.3) is 11.5 Å². The summed E-state index contributed by atoms with van der Waals surface area (Å²) in [5.41, 5.74) is 6.32. The minimum Gasteiger partial charge on any atom is -0.382 e. The first-order valence-corrected chi connectivity index (χ1v) is 6.41. The number of piperidine rings is 1. The average molecular weight is 259 g/mol. The Morgan fingerprint density at radius 2 is 2.21 bits per heavy atom. The van der Waals surface area contributed by atoms with Crippen LogP contribution in [0.1, 0.15) is 24.6 Å². The van der Waals surface area contributed by atoms with Crippen molar-refractivity contribution in [1.29, 1.82) is 0 Å². The van der Waals surface area contributed by atoms with Crippen LogP contribution in [0.5, 0.6) is 0 Å². The lowest BCUT2D eigenvalue weighted by atomic mass is 9.98. The zero-order valence-corrected chi connectivity index (χ0v) is 10.9. The topological polar surface area (TPSA) is 96.6 Å². The summed E-state index contributed by atoms with van der Waals surface area (Å²) in [7, 11) is 2.13. The number of aromatic amines is 1. The molecular formula is C12H17N7. The van der Waals surface area contributed by atoms with E-state index < -0.39 is 0 Å². The summed E-state index contributed by atoms with van der Waals surface area (Å²) in [6.45, 7) is 2.15. The number of nitrogen functional groups attached to an aromatic ring is 1. The number of nitrogens with zero attached hydrogens (tertiary/aromatic N) is 5. The molecule has 7 nitrogen and oxygen atoms in total. The first-order valence-electron chi connectivity index (χ1n) is 6.41. The van der Waals surface area contributed by atoms with Crippen LogP contribution in [0.15, 0.2) is 12.4 Å². The fourth-order valence-electron chi connectivity index (χ4n) is 2.47. The molecule has 100 valence electrons. The second kappa shape index (κ2) is 4.93. The Balaban J connectivity index is 1.85. The third-order valence-electron chi connectivity index (χ3n) is 3.45. The molecule has 1 aliphatic heterocycles. The van der Waals surface area contributed by atoms with Gasteiger partial charge in [-0.2, -0.15) is 5.10 Å². The highest BCUT2D eigenvalue weighted by molar-refractivity contribution is 5.62. The standard InChI is InChI=1S/C12H17N7/c1-19-6-2-3-8(7-19)11-16-12(18-17-11)9-10(13)15-5-4-14-9/h4-5,8H,2-3,6-7H2,1H3,(H2,13,15)(H,16,17,18). The molecule has 2 aromatic heterocycles. The molecule has 7 heteroatoms. The lowest BCUT2D eigenvalue weighted by Crippen LogP contribution is -2.31. The van der Waals surface area contributed by atoms with E-state index in [0.717, 1.165) is 25.3 Å². The zero-order valence-electron chi connectivity index (χ0n) is 10.9. The maximum atomic E-state index is 5.79. The largest absolute Gasteiger partial charge is 0.382 e. The molecular weight excluding hydrogens is 242 g/mol. The third-order valence-corrected chi connectivity index (χ3v) is 3.45. The second-order valence-electron chi connectivity index (χ2n) is 4.94. The number of likely N-dealkylation sites (tertiary alicyclic amines) is 1. The van der Waals surface area contributed by atoms with Gasteiger partial charge in [-0.3, -0.25) is 5.10 Å². The van der Waals surface area contributed by atoms with Crippen molar-refractivity contribution in [1.82, 2.24) is 30.0 Å². The molecule has 0 radical (unpaired) electrons. The van der Waals surface area contributed by atoms with Crippen LogP contribution < -0.4 is 5.73 Å². The SMILES string of the molecule is CN1CCCC(c2nc(-c3nccnc3N)n[nH]2)C1. The molecule has 3 N–H and O–H groups in total. The Hall–Kier alpha value is -2.02. The molecule has 1 fully saturated rings. The molecule has 1 unspecified atom stereocenters. The van der Waals surface area contributed by atoms with Crippen molar-refractivity contribution in [3.05, 3.63) is 18.2 Å². The molecule has 1 aliphatic rings. The van der Waals surface area contributed by atoms with Crippen molar-refractivity contribution in [2.45, 2.75) is 18.8 Å². The van der Waals surface area contributed by atoms with Crippen molar-refractivity contribution < 1.29 is 0 Å². The third kappa shape index (κ3) is 2.41. The van der Waals surface area contributed by atoms with Gasteiger partial charge in [0.15, 0.2) is 11.5 Å². The number of likely N-dealkylation sites (N-methyl/N-ethyl adjacent to an activating group) is 1. The Morgan fingerprint density at radius 1 is 1.37 bits per heavy atom. The normalized spacial score (nSPS) is 20.6. The Bertz CT molecular complexity index is 565. The molecule has 0 spiro atoms. The minimum absolute atomic E-state index is 0.355. The monoisotopic (exact) mass is 259 g/mol. The summed E-state index contributed by atoms with van der Waals surface area (Å²) in [5.74, 6) is 2.19. The highest BCUT2D eigenvalue weighted by Crippen LogP contribution is 2.25. The molecule has 0 bridgehead atoms. The van der Waals surface area contributed by atoms with Gasteiger partial charge in [0.2, 0.25) is 5.82 Å². The minimum atomic E-state index is 0.355. The van der Waals surface area contributed by atoms with Crippen LogP contribution >= 0.6 is 0 Å². The number of anilines is 1. The summed E-state index contributed by atoms with van der Waals surface area (Å²) in [5, 5.41) is 7.22. The Morgan fingerprint density at radius 3 is 3.00 bits per heavy atom. The summed E-state index contributed by atoms with van der Waals surface area (Å²) in [4.78, 5) is 15.0. The second-order valence-corrected chi connectivity index (χ2v) is 4.94. The van der Waals surface area contributed by atoms with Gasteiger partial charge in [-0.05, 0) is 26.4 Å². The maximum absolute atomic E-state index is 5.79. The number of hydrogen-bond donors (Lipinski definition) is 2. The quantitative estimate of drug-likeness (QED) is 0.822. The van der Waals surface area contributed by atoms with Crippen molar-refractivity contribution >= 4 is 5.82 Å². The zero-order chi connectivity index (χ0) is 13.2. The van der Waals surface area contributed by atoms with Crippen LogP contribution in [-0.2, 0) is 0 Å². The van der Waals surface area contributed by atoms with E-state index in [1.165, 1.54) is 6.42 Å². The fraction of sp³-hybridized carbons (Fsp3) is 0.500. The van der Waals surface area contributed by atoms with Gasteiger partial charge in [0.25, 0.3) is 0 Å². The van der Waals surface area contributed by atoms with Crippen LogP contribution in [0.4, 0.5) is 5.82 Å². The van der Waals surface area contributed by atoms with E-state index in [0.29, 0.717) is 23.3 Å². The van der Waals surface area contributed by atoms with Gasteiger partial charge in [-0.1, -0.05) is 0 Å². The van der Waals surface area contributed by atoms with Crippen LogP contribution in [0, 0.1) is 0 Å². The number of hydrogen-bond acceptors (Lipinski definition) is 6. The van der Waals surface area contributed by atoms with Crippen molar-refractivity contribution in [3.63, 3.8) is 0 Å². The van der Waals surface area contributed by atoms with E-state index >= 15 is 0 Å². The van der Waals surface area contributed by atoms with Crippen LogP contribution in [0.2, 0.25) is 0 Å². The summed E-state index contributed by atoms with van der Waals surface area (Å²) in [6, 6.07) is 0. The molecule has 19 heavy (non-hydrogen) atoms. The van der Waals surface area contributed by atoms with E-state index in [1.807, 2.05) is 0 Å². The molecule has 3 heterocycles. The lowest BCUT2D eigenvalue weighted by molar-refractivity contribution is 0.246. The first-order chi connectivity index (χ1) is 9.24. The predicted molar refractivity (Wildman–Crippen MR) is 71.3 cm³/mol. The smallest absolute Gasteiger partial charge is 0.203 e. The molecule has 0 aliphatic carbocycles. The van der Waals surface area contributed by atoms with Gasteiger partial charge >= 0.3 is 0 Å².